The molecule has 0 radical (unpaired) electrons. The Balaban J connectivity index is 1.96. The Morgan fingerprint density at radius 1 is 1.10 bits per heavy atom. The van der Waals surface area contributed by atoms with Crippen molar-refractivity contribution in [3.63, 3.8) is 0 Å². The van der Waals surface area contributed by atoms with Crippen LogP contribution in [0.5, 0.6) is 5.75 Å². The van der Waals surface area contributed by atoms with Crippen molar-refractivity contribution < 1.29 is 33.0 Å². The molecule has 11 heteroatoms. The SMILES string of the molecule is CC=NN(C(=O)c1ccc(C(=O)O)s1)c1csc(-c2ccc(C(F)(F)F)cc2)c1O. The third-order valence-electron chi connectivity index (χ3n) is 3.90. The Labute approximate surface area is 176 Å². The van der Waals surface area contributed by atoms with Gasteiger partial charge in [0.05, 0.1) is 15.3 Å². The van der Waals surface area contributed by atoms with Gasteiger partial charge in [-0.05, 0) is 36.8 Å². The topological polar surface area (TPSA) is 90.2 Å². The average molecular weight is 454 g/mol. The summed E-state index contributed by atoms with van der Waals surface area (Å²) in [4.78, 5) is 24.2. The Kier molecular flexibility index (Phi) is 5.94. The van der Waals surface area contributed by atoms with Crippen molar-refractivity contribution in [2.24, 2.45) is 5.10 Å². The normalized spacial score (nSPS) is 11.7. The number of rotatable bonds is 5. The molecule has 0 aliphatic heterocycles. The van der Waals surface area contributed by atoms with Gasteiger partial charge in [-0.1, -0.05) is 12.1 Å². The van der Waals surface area contributed by atoms with Crippen LogP contribution in [0, 0.1) is 0 Å². The molecule has 2 heterocycles. The smallest absolute Gasteiger partial charge is 0.416 e. The average Bonchev–Trinajstić information content (AvgIpc) is 3.32. The first kappa shape index (κ1) is 21.5. The van der Waals surface area contributed by atoms with Gasteiger partial charge in [-0.2, -0.15) is 23.3 Å². The predicted octanol–water partition coefficient (Wildman–Crippen LogP) is 5.55. The maximum atomic E-state index is 12.8. The standard InChI is InChI=1S/C19H13F3N2O4S2/c1-2-23-24(17(26)13-7-8-14(30-13)18(27)28)12-9-29-16(15(12)25)10-3-5-11(6-4-10)19(20,21)22/h2-9,25H,1H3,(H,27,28). The van der Waals surface area contributed by atoms with E-state index in [1.54, 1.807) is 6.92 Å². The number of thiophene rings is 2. The Hall–Kier alpha value is -3.18. The van der Waals surface area contributed by atoms with Crippen molar-refractivity contribution in [2.75, 3.05) is 5.01 Å². The summed E-state index contributed by atoms with van der Waals surface area (Å²) in [6.07, 6.45) is -3.16. The lowest BCUT2D eigenvalue weighted by Crippen LogP contribution is -2.24. The Bertz CT molecular complexity index is 1120. The van der Waals surface area contributed by atoms with E-state index in [1.165, 1.54) is 35.9 Å². The van der Waals surface area contributed by atoms with Crippen molar-refractivity contribution in [3.8, 4) is 16.2 Å². The van der Waals surface area contributed by atoms with Gasteiger partial charge >= 0.3 is 12.1 Å². The summed E-state index contributed by atoms with van der Waals surface area (Å²) in [5, 5.41) is 26.0. The molecule has 30 heavy (non-hydrogen) atoms. The molecule has 0 spiro atoms. The van der Waals surface area contributed by atoms with E-state index < -0.39 is 23.6 Å². The summed E-state index contributed by atoms with van der Waals surface area (Å²) in [5.74, 6) is -2.15. The van der Waals surface area contributed by atoms with Gasteiger partial charge in [0.2, 0.25) is 0 Å². The number of nitrogens with zero attached hydrogens (tertiary/aromatic N) is 2. The zero-order valence-electron chi connectivity index (χ0n) is 15.2. The van der Waals surface area contributed by atoms with E-state index in [0.717, 1.165) is 39.8 Å². The van der Waals surface area contributed by atoms with Crippen LogP contribution in [0.1, 0.15) is 31.8 Å². The molecule has 1 aromatic carbocycles. The molecule has 0 saturated heterocycles. The fraction of sp³-hybridized carbons (Fsp3) is 0.105. The molecular formula is C19H13F3N2O4S2. The van der Waals surface area contributed by atoms with Crippen LogP contribution in [-0.2, 0) is 6.18 Å². The lowest BCUT2D eigenvalue weighted by atomic mass is 10.1. The largest absolute Gasteiger partial charge is 0.504 e. The Morgan fingerprint density at radius 3 is 2.27 bits per heavy atom. The van der Waals surface area contributed by atoms with E-state index >= 15 is 0 Å². The minimum atomic E-state index is -4.48. The van der Waals surface area contributed by atoms with E-state index in [0.29, 0.717) is 5.56 Å². The number of hydrogen-bond donors (Lipinski definition) is 2. The maximum absolute atomic E-state index is 12.8. The highest BCUT2D eigenvalue weighted by Gasteiger charge is 2.30. The van der Waals surface area contributed by atoms with E-state index in [-0.39, 0.29) is 26.1 Å². The number of alkyl halides is 3. The lowest BCUT2D eigenvalue weighted by Gasteiger charge is -2.15. The van der Waals surface area contributed by atoms with Crippen LogP contribution in [-0.4, -0.2) is 28.3 Å². The first-order valence-electron chi connectivity index (χ1n) is 8.27. The van der Waals surface area contributed by atoms with Gasteiger partial charge in [-0.15, -0.1) is 22.7 Å². The summed E-state index contributed by atoms with van der Waals surface area (Å²) >= 11 is 1.79. The molecule has 0 bridgehead atoms. The van der Waals surface area contributed by atoms with Gasteiger partial charge in [0.1, 0.15) is 10.6 Å². The Morgan fingerprint density at radius 2 is 1.73 bits per heavy atom. The molecule has 3 rings (SSSR count). The van der Waals surface area contributed by atoms with Crippen molar-refractivity contribution >= 4 is 46.5 Å². The van der Waals surface area contributed by atoms with E-state index in [2.05, 4.69) is 5.10 Å². The van der Waals surface area contributed by atoms with Crippen LogP contribution in [0.15, 0.2) is 46.9 Å². The molecular weight excluding hydrogens is 441 g/mol. The number of carboxylic acids is 1. The third kappa shape index (κ3) is 4.21. The minimum Gasteiger partial charge on any atom is -0.504 e. The zero-order valence-corrected chi connectivity index (χ0v) is 16.8. The number of carbonyl (C=O) groups excluding carboxylic acids is 1. The van der Waals surface area contributed by atoms with Crippen LogP contribution >= 0.6 is 22.7 Å². The van der Waals surface area contributed by atoms with E-state index in [1.807, 2.05) is 0 Å². The maximum Gasteiger partial charge on any atom is 0.416 e. The number of anilines is 1. The second kappa shape index (κ2) is 8.28. The van der Waals surface area contributed by atoms with Gasteiger partial charge in [-0.3, -0.25) is 4.79 Å². The van der Waals surface area contributed by atoms with Crippen LogP contribution in [0.4, 0.5) is 18.9 Å². The highest BCUT2D eigenvalue weighted by Crippen LogP contribution is 2.44. The molecule has 0 fully saturated rings. The third-order valence-corrected chi connectivity index (χ3v) is 5.97. The van der Waals surface area contributed by atoms with E-state index in [4.69, 9.17) is 5.11 Å². The van der Waals surface area contributed by atoms with Crippen LogP contribution in [0.2, 0.25) is 0 Å². The number of aromatic hydroxyl groups is 1. The first-order valence-corrected chi connectivity index (χ1v) is 9.97. The molecule has 156 valence electrons. The number of halogens is 3. The molecule has 0 unspecified atom stereocenters. The molecule has 0 saturated carbocycles. The van der Waals surface area contributed by atoms with Gasteiger partial charge in [-0.25, -0.2) is 4.79 Å². The van der Waals surface area contributed by atoms with Gasteiger partial charge in [0.25, 0.3) is 5.91 Å². The number of carboxylic acid groups (broad SMARTS) is 1. The monoisotopic (exact) mass is 454 g/mol. The number of hydrazone groups is 1. The fourth-order valence-corrected chi connectivity index (χ4v) is 4.22. The number of hydrogen-bond acceptors (Lipinski definition) is 6. The highest BCUT2D eigenvalue weighted by atomic mass is 32.1. The van der Waals surface area contributed by atoms with Crippen LogP contribution in [0.25, 0.3) is 10.4 Å². The van der Waals surface area contributed by atoms with Crippen molar-refractivity contribution in [3.05, 3.63) is 57.1 Å². The molecule has 6 nitrogen and oxygen atoms in total. The van der Waals surface area contributed by atoms with Crippen molar-refractivity contribution in [1.29, 1.82) is 0 Å². The molecule has 0 aliphatic rings. The van der Waals surface area contributed by atoms with Crippen molar-refractivity contribution in [1.82, 2.24) is 0 Å². The second-order valence-electron chi connectivity index (χ2n) is 5.83. The summed E-state index contributed by atoms with van der Waals surface area (Å²) in [5.41, 5.74) is -0.445. The number of carbonyl (C=O) groups is 2. The molecule has 0 atom stereocenters. The number of aromatic carboxylic acids is 1. The molecule has 0 aliphatic carbocycles. The van der Waals surface area contributed by atoms with Crippen molar-refractivity contribution in [2.45, 2.75) is 13.1 Å². The molecule has 2 aromatic heterocycles. The summed E-state index contributed by atoms with van der Waals surface area (Å²) in [6, 6.07) is 6.89. The predicted molar refractivity (Wildman–Crippen MR) is 109 cm³/mol. The lowest BCUT2D eigenvalue weighted by molar-refractivity contribution is -0.137. The second-order valence-corrected chi connectivity index (χ2v) is 7.80. The minimum absolute atomic E-state index is 0.0289. The van der Waals surface area contributed by atoms with Gasteiger partial charge in [0, 0.05) is 11.6 Å². The van der Waals surface area contributed by atoms with Gasteiger partial charge in [0.15, 0.2) is 5.75 Å². The van der Waals surface area contributed by atoms with E-state index in [9.17, 15) is 27.9 Å². The zero-order chi connectivity index (χ0) is 22.1. The summed E-state index contributed by atoms with van der Waals surface area (Å²) in [6.45, 7) is 1.55. The number of amides is 1. The van der Waals surface area contributed by atoms with Crippen LogP contribution in [0.3, 0.4) is 0 Å². The molecule has 3 aromatic rings. The van der Waals surface area contributed by atoms with Crippen LogP contribution < -0.4 is 5.01 Å². The quantitative estimate of drug-likeness (QED) is 0.391. The first-order chi connectivity index (χ1) is 14.1. The fourth-order valence-electron chi connectivity index (χ4n) is 2.52. The van der Waals surface area contributed by atoms with Gasteiger partial charge < -0.3 is 10.2 Å². The highest BCUT2D eigenvalue weighted by molar-refractivity contribution is 7.16. The molecule has 2 N–H and O–H groups in total. The summed E-state index contributed by atoms with van der Waals surface area (Å²) in [7, 11) is 0. The number of benzene rings is 1. The summed E-state index contributed by atoms with van der Waals surface area (Å²) < 4.78 is 38.3. The molecule has 1 amide bonds.